The Morgan fingerprint density at radius 1 is 1.00 bits per heavy atom. The van der Waals surface area contributed by atoms with Crippen molar-refractivity contribution in [1.82, 2.24) is 15.0 Å². The van der Waals surface area contributed by atoms with Crippen LogP contribution in [0.25, 0.3) is 35.2 Å². The van der Waals surface area contributed by atoms with Crippen LogP contribution in [0.3, 0.4) is 0 Å². The number of aldehydes is 1. The van der Waals surface area contributed by atoms with Crippen LogP contribution in [0.5, 0.6) is 0 Å². The van der Waals surface area contributed by atoms with E-state index >= 15 is 0 Å². The molecule has 10 nitrogen and oxygen atoms in total. The third-order valence-corrected chi connectivity index (χ3v) is 10.3. The van der Waals surface area contributed by atoms with E-state index in [-0.39, 0.29) is 64.8 Å². The summed E-state index contributed by atoms with van der Waals surface area (Å²) in [6.45, 7) is 15.8. The molecule has 0 amide bonds. The molecule has 260 valence electrons. The Balaban J connectivity index is 0.00000504. The van der Waals surface area contributed by atoms with Gasteiger partial charge < -0.3 is 30.1 Å². The van der Waals surface area contributed by atoms with E-state index in [1.165, 1.54) is 0 Å². The van der Waals surface area contributed by atoms with Gasteiger partial charge in [0, 0.05) is 17.5 Å². The van der Waals surface area contributed by atoms with Crippen LogP contribution >= 0.6 is 0 Å². The summed E-state index contributed by atoms with van der Waals surface area (Å²) in [5.41, 5.74) is 8.00. The van der Waals surface area contributed by atoms with E-state index < -0.39 is 23.6 Å². The Kier molecular flexibility index (Phi) is 11.0. The number of nitrogens with zero attached hydrogens (tertiary/aromatic N) is 4. The van der Waals surface area contributed by atoms with Crippen molar-refractivity contribution < 1.29 is 29.0 Å². The summed E-state index contributed by atoms with van der Waals surface area (Å²) in [7, 11) is 0. The molecule has 3 aliphatic rings. The minimum atomic E-state index is -1.50. The molecule has 1 aliphatic carbocycles. The number of carbonyl (C=O) groups excluding carboxylic acids is 3. The van der Waals surface area contributed by atoms with E-state index in [9.17, 15) is 24.3 Å². The molecular formula is C40H40MgN4O6-2. The van der Waals surface area contributed by atoms with Gasteiger partial charge in [-0.05, 0) is 63.5 Å². The summed E-state index contributed by atoms with van der Waals surface area (Å²) in [6, 6.07) is 0. The fourth-order valence-electron chi connectivity index (χ4n) is 7.26. The summed E-state index contributed by atoms with van der Waals surface area (Å²) in [5, 5.41) is 16.5. The number of carbonyl (C=O) groups is 4. The van der Waals surface area contributed by atoms with Gasteiger partial charge in [-0.2, -0.15) is 11.4 Å². The first-order valence-corrected chi connectivity index (χ1v) is 17.0. The maximum absolute atomic E-state index is 13.9. The predicted molar refractivity (Wildman–Crippen MR) is 196 cm³/mol. The molecule has 0 unspecified atom stereocenters. The number of Topliss-reactive ketones (excluding diaryl/α,β-unsaturated/α-hetero) is 1. The smallest absolute Gasteiger partial charge is 0.664 e. The second-order valence-corrected chi connectivity index (χ2v) is 13.1. The first-order valence-electron chi connectivity index (χ1n) is 17.0. The van der Waals surface area contributed by atoms with Crippen molar-refractivity contribution in [1.29, 1.82) is 0 Å². The van der Waals surface area contributed by atoms with Gasteiger partial charge in [0.05, 0.1) is 0 Å². The molecule has 3 atom stereocenters. The number of rotatable bonds is 10. The largest absolute Gasteiger partial charge is 2.00 e. The van der Waals surface area contributed by atoms with Crippen molar-refractivity contribution in [3.05, 3.63) is 102 Å². The molecule has 51 heavy (non-hydrogen) atoms. The third-order valence-electron chi connectivity index (χ3n) is 10.3. The predicted octanol–water partition coefficient (Wildman–Crippen LogP) is 4.75. The standard InChI is InChI=1S/C40H42N4O6.Mg/c1-8-19(4)13-14-50-33(46)12-11-25-21(6)28-15-27-20(5)23(9-2)30(41-27)17-32-26(18-45)24(10-3)31(42-32)16-29-22(7)34-38(44-29)35(37(25)43-28)36(39(34)47)40(48)49;/h9,13,15-18,21,25,36H,2,8,10-12,14H2,1,3-7H3,(H3,43,44,45,47,48,49);/q-2;+2/p-2/b19-13+,28-15-,32-17-;/t21-,25-,36+;/m0./s1. The molecule has 8 bridgehead atoms. The van der Waals surface area contributed by atoms with Crippen molar-refractivity contribution in [2.45, 2.75) is 67.2 Å². The summed E-state index contributed by atoms with van der Waals surface area (Å²) >= 11 is 0. The van der Waals surface area contributed by atoms with Gasteiger partial charge in [-0.15, -0.1) is 33.5 Å². The molecule has 3 aromatic heterocycles. The average molecular weight is 697 g/mol. The van der Waals surface area contributed by atoms with Crippen LogP contribution in [0, 0.1) is 31.6 Å². The molecule has 0 spiro atoms. The molecule has 0 aromatic carbocycles. The Morgan fingerprint density at radius 2 is 1.71 bits per heavy atom. The van der Waals surface area contributed by atoms with Crippen molar-refractivity contribution in [2.24, 2.45) is 17.8 Å². The van der Waals surface area contributed by atoms with Crippen LogP contribution in [-0.2, 0) is 20.7 Å². The number of ether oxygens (including phenoxy) is 1. The van der Waals surface area contributed by atoms with Crippen molar-refractivity contribution >= 4 is 76.9 Å². The van der Waals surface area contributed by atoms with E-state index in [2.05, 4.69) is 6.58 Å². The maximum atomic E-state index is 13.9. The number of hydrogen-bond acceptors (Lipinski definition) is 5. The van der Waals surface area contributed by atoms with Crippen LogP contribution < -0.4 is 25.7 Å². The molecule has 11 heteroatoms. The van der Waals surface area contributed by atoms with Gasteiger partial charge >= 0.3 is 35.0 Å². The van der Waals surface area contributed by atoms with Gasteiger partial charge in [-0.25, -0.2) is 0 Å². The van der Waals surface area contributed by atoms with Gasteiger partial charge in [0.2, 0.25) is 0 Å². The SMILES string of the molecule is C=Cc1c2[n-]c(c1C)/C=C1\[N-]/C(=C3\c4[n-]c(c(C)c4C(=O)[C@@H]3C(=O)O)/C=c3\[n-]/c(c(C=O)c3CC)=C\2)[C@@H](CCC(=O)OC/C=C(\C)CC)[C@@H]1C.[Mg+2]. The number of ketones is 1. The summed E-state index contributed by atoms with van der Waals surface area (Å²) in [6.07, 6.45) is 11.6. The Labute approximate surface area is 313 Å². The van der Waals surface area contributed by atoms with Crippen LogP contribution in [0.1, 0.15) is 113 Å². The van der Waals surface area contributed by atoms with Crippen molar-refractivity contribution in [3.63, 3.8) is 0 Å². The normalized spacial score (nSPS) is 22.9. The van der Waals surface area contributed by atoms with Crippen molar-refractivity contribution in [2.75, 3.05) is 6.61 Å². The number of allylic oxidation sites excluding steroid dienone is 3. The molecule has 0 saturated carbocycles. The number of fused-ring (bicyclic) bond motifs is 7. The van der Waals surface area contributed by atoms with E-state index in [0.717, 1.165) is 35.0 Å². The second kappa shape index (κ2) is 14.9. The Bertz CT molecular complexity index is 2190. The fraction of sp³-hybridized carbons (Fsp3) is 0.350. The van der Waals surface area contributed by atoms with E-state index in [0.29, 0.717) is 63.1 Å². The zero-order chi connectivity index (χ0) is 36.0. The number of aromatic nitrogens is 3. The number of hydrogen-bond donors (Lipinski definition) is 1. The average Bonchev–Trinajstić information content (AvgIpc) is 3.83. The molecule has 0 radical (unpaired) electrons. The number of carboxylic acids is 1. The van der Waals surface area contributed by atoms with Crippen LogP contribution in [0.2, 0.25) is 0 Å². The van der Waals surface area contributed by atoms with Crippen LogP contribution in [-0.4, -0.2) is 58.8 Å². The van der Waals surface area contributed by atoms with E-state index in [1.807, 2.05) is 46.8 Å². The Morgan fingerprint density at radius 3 is 2.35 bits per heavy atom. The first kappa shape index (κ1) is 37.6. The van der Waals surface area contributed by atoms with Gasteiger partial charge in [0.1, 0.15) is 18.8 Å². The monoisotopic (exact) mass is 696 g/mol. The third kappa shape index (κ3) is 6.53. The molecular weight excluding hydrogens is 657 g/mol. The van der Waals surface area contributed by atoms with Crippen molar-refractivity contribution in [3.8, 4) is 0 Å². The second-order valence-electron chi connectivity index (χ2n) is 13.1. The van der Waals surface area contributed by atoms with Crippen LogP contribution in [0.15, 0.2) is 29.6 Å². The Hall–Kier alpha value is -4.61. The molecule has 1 fully saturated rings. The van der Waals surface area contributed by atoms with Gasteiger partial charge in [-0.3, -0.25) is 19.2 Å². The molecule has 6 rings (SSSR count). The summed E-state index contributed by atoms with van der Waals surface area (Å²) in [4.78, 5) is 66.7. The molecule has 2 aliphatic heterocycles. The summed E-state index contributed by atoms with van der Waals surface area (Å²) in [5.74, 6) is -4.38. The maximum Gasteiger partial charge on any atom is 2.00 e. The molecule has 5 heterocycles. The number of esters is 1. The number of carboxylic acid groups (broad SMARTS) is 1. The number of aliphatic carboxylic acids is 1. The van der Waals surface area contributed by atoms with Crippen LogP contribution in [0.4, 0.5) is 0 Å². The zero-order valence-electron chi connectivity index (χ0n) is 29.9. The van der Waals surface area contributed by atoms with Gasteiger partial charge in [-0.1, -0.05) is 79.5 Å². The molecule has 3 aromatic rings. The van der Waals surface area contributed by atoms with Gasteiger partial charge in [0.25, 0.3) is 0 Å². The van der Waals surface area contributed by atoms with E-state index in [4.69, 9.17) is 25.0 Å². The minimum absolute atomic E-state index is 0. The van der Waals surface area contributed by atoms with Gasteiger partial charge in [0.15, 0.2) is 5.78 Å². The topological polar surface area (TPSA) is 154 Å². The van der Waals surface area contributed by atoms with E-state index in [1.54, 1.807) is 25.2 Å². The first-order chi connectivity index (χ1) is 23.9. The quantitative estimate of drug-likeness (QED) is 0.104. The molecule has 1 saturated heterocycles. The zero-order valence-corrected chi connectivity index (χ0v) is 31.3. The summed E-state index contributed by atoms with van der Waals surface area (Å²) < 4.78 is 5.49. The molecule has 1 N–H and O–H groups in total. The minimum Gasteiger partial charge on any atom is -0.664 e. The fourth-order valence-corrected chi connectivity index (χ4v) is 7.26.